The van der Waals surface area contributed by atoms with Crippen molar-refractivity contribution >= 4 is 11.6 Å². The molecule has 0 radical (unpaired) electrons. The maximum absolute atomic E-state index is 6.03. The molecule has 0 aliphatic carbocycles. The first kappa shape index (κ1) is 14.2. The lowest BCUT2D eigenvalue weighted by Gasteiger charge is -2.23. The van der Waals surface area contributed by atoms with Gasteiger partial charge in [-0.3, -0.25) is 0 Å². The smallest absolute Gasteiger partial charge is 0.126 e. The van der Waals surface area contributed by atoms with Gasteiger partial charge in [0.05, 0.1) is 7.11 Å². The van der Waals surface area contributed by atoms with Crippen LogP contribution in [0.4, 0.5) is 0 Å². The standard InChI is InChI=1S/C14H21ClO2/c1-10(2)13(7-8-15)17-14-9-12(16-4)6-5-11(14)3/h5-6,9-10,13H,7-8H2,1-4H3. The van der Waals surface area contributed by atoms with Gasteiger partial charge in [0.15, 0.2) is 0 Å². The van der Waals surface area contributed by atoms with Crippen molar-refractivity contribution in [1.82, 2.24) is 0 Å². The molecule has 17 heavy (non-hydrogen) atoms. The summed E-state index contributed by atoms with van der Waals surface area (Å²) in [5.74, 6) is 2.76. The second-order valence-electron chi connectivity index (χ2n) is 4.51. The number of alkyl halides is 1. The Hall–Kier alpha value is -0.890. The Labute approximate surface area is 109 Å². The van der Waals surface area contributed by atoms with Crippen LogP contribution >= 0.6 is 11.6 Å². The summed E-state index contributed by atoms with van der Waals surface area (Å²) in [5.41, 5.74) is 1.12. The summed E-state index contributed by atoms with van der Waals surface area (Å²) >= 11 is 5.80. The first-order chi connectivity index (χ1) is 8.08. The van der Waals surface area contributed by atoms with E-state index in [9.17, 15) is 0 Å². The summed E-state index contributed by atoms with van der Waals surface area (Å²) in [7, 11) is 1.66. The van der Waals surface area contributed by atoms with Gasteiger partial charge in [-0.05, 0) is 30.9 Å². The van der Waals surface area contributed by atoms with Gasteiger partial charge in [0.25, 0.3) is 0 Å². The minimum atomic E-state index is 0.151. The molecule has 0 aromatic heterocycles. The average Bonchev–Trinajstić information content (AvgIpc) is 2.31. The Kier molecular flexibility index (Phi) is 5.63. The van der Waals surface area contributed by atoms with Crippen LogP contribution in [0.25, 0.3) is 0 Å². The highest BCUT2D eigenvalue weighted by atomic mass is 35.5. The van der Waals surface area contributed by atoms with E-state index in [-0.39, 0.29) is 6.10 Å². The molecule has 0 aliphatic heterocycles. The Morgan fingerprint density at radius 2 is 2.00 bits per heavy atom. The summed E-state index contributed by atoms with van der Waals surface area (Å²) < 4.78 is 11.2. The second kappa shape index (κ2) is 6.75. The van der Waals surface area contributed by atoms with Crippen molar-refractivity contribution in [1.29, 1.82) is 0 Å². The SMILES string of the molecule is COc1ccc(C)c(OC(CCCl)C(C)C)c1. The van der Waals surface area contributed by atoms with Gasteiger partial charge in [0.1, 0.15) is 17.6 Å². The molecule has 0 spiro atoms. The first-order valence-corrected chi connectivity index (χ1v) is 6.49. The number of halogens is 1. The van der Waals surface area contributed by atoms with E-state index in [0.717, 1.165) is 23.5 Å². The Bertz CT molecular complexity index is 350. The van der Waals surface area contributed by atoms with Crippen molar-refractivity contribution < 1.29 is 9.47 Å². The van der Waals surface area contributed by atoms with Crippen LogP contribution < -0.4 is 9.47 Å². The van der Waals surface area contributed by atoms with Gasteiger partial charge in [0, 0.05) is 11.9 Å². The predicted molar refractivity (Wildman–Crippen MR) is 72.3 cm³/mol. The maximum Gasteiger partial charge on any atom is 0.126 e. The molecule has 0 bridgehead atoms. The summed E-state index contributed by atoms with van der Waals surface area (Å²) in [6.45, 7) is 6.33. The zero-order valence-electron chi connectivity index (χ0n) is 11.0. The number of hydrogen-bond donors (Lipinski definition) is 0. The van der Waals surface area contributed by atoms with Crippen molar-refractivity contribution in [3.8, 4) is 11.5 Å². The van der Waals surface area contributed by atoms with Crippen molar-refractivity contribution in [2.24, 2.45) is 5.92 Å². The summed E-state index contributed by atoms with van der Waals surface area (Å²) in [6, 6.07) is 5.87. The van der Waals surface area contributed by atoms with Crippen LogP contribution in [0.1, 0.15) is 25.8 Å². The lowest BCUT2D eigenvalue weighted by molar-refractivity contribution is 0.146. The largest absolute Gasteiger partial charge is 0.497 e. The maximum atomic E-state index is 6.03. The Morgan fingerprint density at radius 3 is 2.53 bits per heavy atom. The fraction of sp³-hybridized carbons (Fsp3) is 0.571. The molecular formula is C14H21ClO2. The van der Waals surface area contributed by atoms with Crippen LogP contribution in [0, 0.1) is 12.8 Å². The summed E-state index contributed by atoms with van der Waals surface area (Å²) in [6.07, 6.45) is 1.01. The van der Waals surface area contributed by atoms with Crippen molar-refractivity contribution in [3.05, 3.63) is 23.8 Å². The summed E-state index contributed by atoms with van der Waals surface area (Å²) in [4.78, 5) is 0. The van der Waals surface area contributed by atoms with E-state index < -0.39 is 0 Å². The van der Waals surface area contributed by atoms with Crippen LogP contribution in [-0.2, 0) is 0 Å². The molecule has 0 heterocycles. The van der Waals surface area contributed by atoms with Gasteiger partial charge in [-0.1, -0.05) is 19.9 Å². The number of hydrogen-bond acceptors (Lipinski definition) is 2. The molecule has 1 aromatic carbocycles. The lowest BCUT2D eigenvalue weighted by atomic mass is 10.0. The van der Waals surface area contributed by atoms with Crippen molar-refractivity contribution in [2.45, 2.75) is 33.3 Å². The fourth-order valence-corrected chi connectivity index (χ4v) is 1.85. The monoisotopic (exact) mass is 256 g/mol. The molecule has 2 nitrogen and oxygen atoms in total. The minimum Gasteiger partial charge on any atom is -0.497 e. The van der Waals surface area contributed by atoms with E-state index in [4.69, 9.17) is 21.1 Å². The van der Waals surface area contributed by atoms with Crippen molar-refractivity contribution in [2.75, 3.05) is 13.0 Å². The summed E-state index contributed by atoms with van der Waals surface area (Å²) in [5, 5.41) is 0. The zero-order chi connectivity index (χ0) is 12.8. The van der Waals surface area contributed by atoms with Gasteiger partial charge in [-0.2, -0.15) is 0 Å². The topological polar surface area (TPSA) is 18.5 Å². The van der Waals surface area contributed by atoms with Crippen LogP contribution in [0.2, 0.25) is 0 Å². The van der Waals surface area contributed by atoms with E-state index in [1.54, 1.807) is 7.11 Å². The third-order valence-corrected chi connectivity index (χ3v) is 3.03. The molecule has 1 atom stereocenters. The zero-order valence-corrected chi connectivity index (χ0v) is 11.8. The third-order valence-electron chi connectivity index (χ3n) is 2.81. The molecule has 96 valence electrons. The van der Waals surface area contributed by atoms with Crippen LogP contribution in [-0.4, -0.2) is 19.1 Å². The van der Waals surface area contributed by atoms with E-state index in [2.05, 4.69) is 13.8 Å². The lowest BCUT2D eigenvalue weighted by Crippen LogP contribution is -2.24. The van der Waals surface area contributed by atoms with E-state index in [1.807, 2.05) is 25.1 Å². The highest BCUT2D eigenvalue weighted by Crippen LogP contribution is 2.27. The van der Waals surface area contributed by atoms with E-state index in [1.165, 1.54) is 0 Å². The Balaban J connectivity index is 2.84. The average molecular weight is 257 g/mol. The fourth-order valence-electron chi connectivity index (χ4n) is 1.63. The highest BCUT2D eigenvalue weighted by Gasteiger charge is 2.16. The van der Waals surface area contributed by atoms with Crippen LogP contribution in [0.5, 0.6) is 11.5 Å². The molecule has 1 unspecified atom stereocenters. The Morgan fingerprint density at radius 1 is 1.29 bits per heavy atom. The number of aryl methyl sites for hydroxylation is 1. The van der Waals surface area contributed by atoms with E-state index >= 15 is 0 Å². The van der Waals surface area contributed by atoms with E-state index in [0.29, 0.717) is 11.8 Å². The van der Waals surface area contributed by atoms with Gasteiger partial charge < -0.3 is 9.47 Å². The molecule has 0 amide bonds. The quantitative estimate of drug-likeness (QED) is 0.716. The van der Waals surface area contributed by atoms with Gasteiger partial charge in [-0.15, -0.1) is 11.6 Å². The number of rotatable bonds is 6. The number of ether oxygens (including phenoxy) is 2. The molecule has 0 N–H and O–H groups in total. The normalized spacial score (nSPS) is 12.6. The van der Waals surface area contributed by atoms with Gasteiger partial charge >= 0.3 is 0 Å². The second-order valence-corrected chi connectivity index (χ2v) is 4.89. The molecule has 0 fully saturated rings. The number of methoxy groups -OCH3 is 1. The molecule has 0 saturated carbocycles. The molecule has 1 rings (SSSR count). The van der Waals surface area contributed by atoms with Gasteiger partial charge in [-0.25, -0.2) is 0 Å². The molecule has 1 aromatic rings. The molecule has 0 aliphatic rings. The third kappa shape index (κ3) is 4.12. The number of benzene rings is 1. The predicted octanol–water partition coefficient (Wildman–Crippen LogP) is 4.04. The van der Waals surface area contributed by atoms with Gasteiger partial charge in [0.2, 0.25) is 0 Å². The van der Waals surface area contributed by atoms with Crippen LogP contribution in [0.3, 0.4) is 0 Å². The van der Waals surface area contributed by atoms with Crippen LogP contribution in [0.15, 0.2) is 18.2 Å². The minimum absolute atomic E-state index is 0.151. The molecular weight excluding hydrogens is 236 g/mol. The highest BCUT2D eigenvalue weighted by molar-refractivity contribution is 6.17. The molecule has 3 heteroatoms. The molecule has 0 saturated heterocycles. The van der Waals surface area contributed by atoms with Crippen molar-refractivity contribution in [3.63, 3.8) is 0 Å². The first-order valence-electron chi connectivity index (χ1n) is 5.95.